The van der Waals surface area contributed by atoms with E-state index in [2.05, 4.69) is 11.1 Å². The molecule has 3 aromatic rings. The molecule has 0 atom stereocenters. The van der Waals surface area contributed by atoms with E-state index in [0.29, 0.717) is 18.2 Å². The Morgan fingerprint density at radius 3 is 2.57 bits per heavy atom. The molecule has 0 fully saturated rings. The average molecular weight is 308 g/mol. The minimum absolute atomic E-state index is 0.219. The lowest BCUT2D eigenvalue weighted by Gasteiger charge is -2.07. The van der Waals surface area contributed by atoms with Gasteiger partial charge in [-0.15, -0.1) is 0 Å². The molecule has 116 valence electrons. The normalized spacial score (nSPS) is 10.7. The van der Waals surface area contributed by atoms with Gasteiger partial charge in [0.05, 0.1) is 11.1 Å². The minimum Gasteiger partial charge on any atom is -0.478 e. The predicted octanol–water partition coefficient (Wildman–Crippen LogP) is 3.23. The SMILES string of the molecule is NCCc1ccc2nc(Oc3ccc(C(=O)O)cc3)ccc2c1. The van der Waals surface area contributed by atoms with E-state index in [9.17, 15) is 4.79 Å². The molecular weight excluding hydrogens is 292 g/mol. The van der Waals surface area contributed by atoms with E-state index in [4.69, 9.17) is 15.6 Å². The molecule has 23 heavy (non-hydrogen) atoms. The van der Waals surface area contributed by atoms with Crippen LogP contribution in [0.25, 0.3) is 10.9 Å². The number of aromatic carboxylic acids is 1. The Kier molecular flexibility index (Phi) is 4.21. The molecule has 1 heterocycles. The van der Waals surface area contributed by atoms with Gasteiger partial charge in [0.25, 0.3) is 0 Å². The van der Waals surface area contributed by atoms with Gasteiger partial charge >= 0.3 is 5.97 Å². The summed E-state index contributed by atoms with van der Waals surface area (Å²) in [6.45, 7) is 0.618. The Morgan fingerprint density at radius 1 is 1.09 bits per heavy atom. The molecule has 0 unspecified atom stereocenters. The number of rotatable bonds is 5. The summed E-state index contributed by atoms with van der Waals surface area (Å²) in [4.78, 5) is 15.3. The first kappa shape index (κ1) is 15.0. The van der Waals surface area contributed by atoms with Crippen molar-refractivity contribution >= 4 is 16.9 Å². The lowest BCUT2D eigenvalue weighted by Crippen LogP contribution is -2.02. The number of hydrogen-bond acceptors (Lipinski definition) is 4. The van der Waals surface area contributed by atoms with Crippen molar-refractivity contribution in [1.29, 1.82) is 0 Å². The van der Waals surface area contributed by atoms with E-state index in [1.165, 1.54) is 17.7 Å². The van der Waals surface area contributed by atoms with Crippen LogP contribution in [0.1, 0.15) is 15.9 Å². The van der Waals surface area contributed by atoms with Gasteiger partial charge in [0, 0.05) is 11.5 Å². The number of carboxylic acids is 1. The average Bonchev–Trinajstić information content (AvgIpc) is 2.56. The van der Waals surface area contributed by atoms with E-state index in [1.807, 2.05) is 18.2 Å². The van der Waals surface area contributed by atoms with Crippen LogP contribution in [0.4, 0.5) is 0 Å². The van der Waals surface area contributed by atoms with Crippen molar-refractivity contribution in [3.8, 4) is 11.6 Å². The monoisotopic (exact) mass is 308 g/mol. The molecule has 0 aliphatic heterocycles. The van der Waals surface area contributed by atoms with Crippen LogP contribution in [0, 0.1) is 0 Å². The molecule has 5 nitrogen and oxygen atoms in total. The summed E-state index contributed by atoms with van der Waals surface area (Å²) in [6, 6.07) is 16.0. The lowest BCUT2D eigenvalue weighted by molar-refractivity contribution is 0.0697. The highest BCUT2D eigenvalue weighted by molar-refractivity contribution is 5.87. The molecule has 0 saturated heterocycles. The molecule has 0 radical (unpaired) electrons. The van der Waals surface area contributed by atoms with Gasteiger partial charge in [0.15, 0.2) is 0 Å². The van der Waals surface area contributed by atoms with Gasteiger partial charge in [-0.2, -0.15) is 0 Å². The largest absolute Gasteiger partial charge is 0.478 e. The fraction of sp³-hybridized carbons (Fsp3) is 0.111. The number of ether oxygens (including phenoxy) is 1. The Labute approximate surface area is 133 Å². The first-order valence-electron chi connectivity index (χ1n) is 7.27. The Morgan fingerprint density at radius 2 is 1.87 bits per heavy atom. The van der Waals surface area contributed by atoms with E-state index in [0.717, 1.165) is 17.3 Å². The highest BCUT2D eigenvalue weighted by Gasteiger charge is 2.05. The Bertz CT molecular complexity index is 845. The molecule has 0 amide bonds. The summed E-state index contributed by atoms with van der Waals surface area (Å²) < 4.78 is 5.67. The number of carbonyl (C=O) groups is 1. The molecule has 5 heteroatoms. The third-order valence-corrected chi connectivity index (χ3v) is 3.48. The van der Waals surface area contributed by atoms with Crippen molar-refractivity contribution in [2.75, 3.05) is 6.54 Å². The molecular formula is C18H16N2O3. The number of nitrogens with zero attached hydrogens (tertiary/aromatic N) is 1. The molecule has 0 spiro atoms. The quantitative estimate of drug-likeness (QED) is 0.756. The van der Waals surface area contributed by atoms with Gasteiger partial charge in [-0.1, -0.05) is 6.07 Å². The van der Waals surface area contributed by atoms with Crippen molar-refractivity contribution < 1.29 is 14.6 Å². The number of carboxylic acid groups (broad SMARTS) is 1. The van der Waals surface area contributed by atoms with E-state index >= 15 is 0 Å². The van der Waals surface area contributed by atoms with Crippen molar-refractivity contribution in [3.05, 3.63) is 65.7 Å². The number of fused-ring (bicyclic) bond motifs is 1. The highest BCUT2D eigenvalue weighted by atomic mass is 16.5. The predicted molar refractivity (Wildman–Crippen MR) is 88.0 cm³/mol. The topological polar surface area (TPSA) is 85.4 Å². The van der Waals surface area contributed by atoms with Gasteiger partial charge in [-0.05, 0) is 61.0 Å². The number of pyridine rings is 1. The summed E-state index contributed by atoms with van der Waals surface area (Å²) in [7, 11) is 0. The van der Waals surface area contributed by atoms with Crippen LogP contribution in [0.15, 0.2) is 54.6 Å². The van der Waals surface area contributed by atoms with Gasteiger partial charge in [-0.25, -0.2) is 9.78 Å². The van der Waals surface area contributed by atoms with Gasteiger partial charge < -0.3 is 15.6 Å². The van der Waals surface area contributed by atoms with Crippen LogP contribution in [0.3, 0.4) is 0 Å². The van der Waals surface area contributed by atoms with Crippen LogP contribution in [0.5, 0.6) is 11.6 Å². The fourth-order valence-electron chi connectivity index (χ4n) is 2.32. The fourth-order valence-corrected chi connectivity index (χ4v) is 2.32. The van der Waals surface area contributed by atoms with Crippen molar-refractivity contribution in [2.24, 2.45) is 5.73 Å². The molecule has 2 aromatic carbocycles. The molecule has 0 aliphatic carbocycles. The second-order valence-corrected chi connectivity index (χ2v) is 5.15. The van der Waals surface area contributed by atoms with E-state index in [-0.39, 0.29) is 5.56 Å². The zero-order chi connectivity index (χ0) is 16.2. The summed E-state index contributed by atoms with van der Waals surface area (Å²) in [5, 5.41) is 9.92. The summed E-state index contributed by atoms with van der Waals surface area (Å²) >= 11 is 0. The molecule has 3 rings (SSSR count). The van der Waals surface area contributed by atoms with Crippen molar-refractivity contribution in [3.63, 3.8) is 0 Å². The minimum atomic E-state index is -0.964. The maximum absolute atomic E-state index is 10.8. The third-order valence-electron chi connectivity index (χ3n) is 3.48. The highest BCUT2D eigenvalue weighted by Crippen LogP contribution is 2.23. The number of hydrogen-bond donors (Lipinski definition) is 2. The second kappa shape index (κ2) is 6.46. The molecule has 0 bridgehead atoms. The van der Waals surface area contributed by atoms with Crippen molar-refractivity contribution in [1.82, 2.24) is 4.98 Å². The van der Waals surface area contributed by atoms with E-state index < -0.39 is 5.97 Å². The van der Waals surface area contributed by atoms with Gasteiger partial charge in [0.2, 0.25) is 5.88 Å². The van der Waals surface area contributed by atoms with E-state index in [1.54, 1.807) is 18.2 Å². The van der Waals surface area contributed by atoms with Crippen LogP contribution in [-0.2, 0) is 6.42 Å². The zero-order valence-corrected chi connectivity index (χ0v) is 12.4. The van der Waals surface area contributed by atoms with Crippen LogP contribution < -0.4 is 10.5 Å². The lowest BCUT2D eigenvalue weighted by atomic mass is 10.1. The van der Waals surface area contributed by atoms with Crippen LogP contribution in [-0.4, -0.2) is 22.6 Å². The second-order valence-electron chi connectivity index (χ2n) is 5.15. The zero-order valence-electron chi connectivity index (χ0n) is 12.4. The summed E-state index contributed by atoms with van der Waals surface area (Å²) in [6.07, 6.45) is 0.837. The van der Waals surface area contributed by atoms with Crippen LogP contribution in [0.2, 0.25) is 0 Å². The number of nitrogens with two attached hydrogens (primary N) is 1. The Hall–Kier alpha value is -2.92. The molecule has 0 aliphatic rings. The maximum atomic E-state index is 10.8. The van der Waals surface area contributed by atoms with Crippen molar-refractivity contribution in [2.45, 2.75) is 6.42 Å². The summed E-state index contributed by atoms with van der Waals surface area (Å²) in [5.74, 6) is 0.0439. The third kappa shape index (κ3) is 3.46. The number of benzene rings is 2. The molecule has 1 aromatic heterocycles. The standard InChI is InChI=1S/C18H16N2O3/c19-10-9-12-1-7-16-14(11-12)4-8-17(20-16)23-15-5-2-13(3-6-15)18(21)22/h1-8,11H,9-10,19H2,(H,21,22). The first-order chi connectivity index (χ1) is 11.2. The molecule has 3 N–H and O–H groups in total. The summed E-state index contributed by atoms with van der Waals surface area (Å²) in [5.41, 5.74) is 7.81. The first-order valence-corrected chi connectivity index (χ1v) is 7.27. The molecule has 0 saturated carbocycles. The maximum Gasteiger partial charge on any atom is 0.335 e. The van der Waals surface area contributed by atoms with Gasteiger partial charge in [0.1, 0.15) is 5.75 Å². The smallest absolute Gasteiger partial charge is 0.335 e. The number of aromatic nitrogens is 1. The van der Waals surface area contributed by atoms with Crippen LogP contribution >= 0.6 is 0 Å². The Balaban J connectivity index is 1.82. The van der Waals surface area contributed by atoms with Gasteiger partial charge in [-0.3, -0.25) is 0 Å².